The van der Waals surface area contributed by atoms with Crippen molar-refractivity contribution in [3.8, 4) is 11.3 Å². The summed E-state index contributed by atoms with van der Waals surface area (Å²) in [6.07, 6.45) is 1.29. The standard InChI is InChI=1S/C16H11ClF2N4/c17-11-4-2-1-3-10(11)15-14(20)16(22-8-21-15)23-13-6-5-9(18)7-12(13)19/h1-8H,20H2,(H,21,22,23). The van der Waals surface area contributed by atoms with E-state index in [2.05, 4.69) is 15.3 Å². The molecule has 0 fully saturated rings. The van der Waals surface area contributed by atoms with Crippen LogP contribution in [0.3, 0.4) is 0 Å². The molecular formula is C16H11ClF2N4. The average molecular weight is 333 g/mol. The molecule has 2 aromatic carbocycles. The molecule has 0 aliphatic heterocycles. The van der Waals surface area contributed by atoms with Gasteiger partial charge in [-0.25, -0.2) is 18.7 Å². The number of rotatable bonds is 3. The fraction of sp³-hybridized carbons (Fsp3) is 0. The lowest BCUT2D eigenvalue weighted by Gasteiger charge is -2.12. The molecule has 0 amide bonds. The van der Waals surface area contributed by atoms with Crippen LogP contribution in [0.1, 0.15) is 0 Å². The Labute approximate surface area is 136 Å². The Morgan fingerprint density at radius 3 is 2.57 bits per heavy atom. The molecule has 7 heteroatoms. The fourth-order valence-corrected chi connectivity index (χ4v) is 2.31. The minimum absolute atomic E-state index is 0.0573. The molecule has 3 rings (SSSR count). The van der Waals surface area contributed by atoms with Crippen molar-refractivity contribution in [2.24, 2.45) is 0 Å². The van der Waals surface area contributed by atoms with Gasteiger partial charge in [-0.2, -0.15) is 0 Å². The Balaban J connectivity index is 2.02. The van der Waals surface area contributed by atoms with E-state index in [9.17, 15) is 8.78 Å². The third kappa shape index (κ3) is 3.07. The number of hydrogen-bond acceptors (Lipinski definition) is 4. The van der Waals surface area contributed by atoms with Crippen LogP contribution in [0, 0.1) is 11.6 Å². The lowest BCUT2D eigenvalue weighted by molar-refractivity contribution is 0.586. The fourth-order valence-electron chi connectivity index (χ4n) is 2.08. The number of hydrogen-bond donors (Lipinski definition) is 2. The average Bonchev–Trinajstić information content (AvgIpc) is 2.53. The van der Waals surface area contributed by atoms with Crippen LogP contribution in [-0.2, 0) is 0 Å². The predicted molar refractivity (Wildman–Crippen MR) is 86.5 cm³/mol. The van der Waals surface area contributed by atoms with E-state index in [0.717, 1.165) is 12.1 Å². The number of nitrogens with two attached hydrogens (primary N) is 1. The van der Waals surface area contributed by atoms with E-state index in [1.807, 2.05) is 0 Å². The van der Waals surface area contributed by atoms with E-state index < -0.39 is 11.6 Å². The minimum atomic E-state index is -0.748. The van der Waals surface area contributed by atoms with Crippen LogP contribution in [0.4, 0.5) is 26.0 Å². The maximum atomic E-state index is 13.7. The Hall–Kier alpha value is -2.73. The molecule has 116 valence electrons. The molecule has 4 nitrogen and oxygen atoms in total. The van der Waals surface area contributed by atoms with Gasteiger partial charge in [0.15, 0.2) is 5.82 Å². The molecule has 0 spiro atoms. The number of aromatic nitrogens is 2. The highest BCUT2D eigenvalue weighted by atomic mass is 35.5. The molecule has 0 saturated heterocycles. The van der Waals surface area contributed by atoms with Gasteiger partial charge in [-0.15, -0.1) is 0 Å². The van der Waals surface area contributed by atoms with Crippen molar-refractivity contribution in [1.82, 2.24) is 9.97 Å². The number of nitrogens with zero attached hydrogens (tertiary/aromatic N) is 2. The van der Waals surface area contributed by atoms with Gasteiger partial charge in [-0.3, -0.25) is 0 Å². The van der Waals surface area contributed by atoms with Gasteiger partial charge in [0, 0.05) is 11.6 Å². The van der Waals surface area contributed by atoms with E-state index in [0.29, 0.717) is 16.3 Å². The maximum absolute atomic E-state index is 13.7. The van der Waals surface area contributed by atoms with Crippen LogP contribution in [0.15, 0.2) is 48.8 Å². The zero-order valence-electron chi connectivity index (χ0n) is 11.7. The highest BCUT2D eigenvalue weighted by Crippen LogP contribution is 2.34. The molecule has 0 saturated carbocycles. The van der Waals surface area contributed by atoms with Crippen molar-refractivity contribution in [3.63, 3.8) is 0 Å². The van der Waals surface area contributed by atoms with E-state index >= 15 is 0 Å². The normalized spacial score (nSPS) is 10.6. The first kappa shape index (κ1) is 15.2. The number of benzene rings is 2. The summed E-state index contributed by atoms with van der Waals surface area (Å²) in [4.78, 5) is 8.14. The quantitative estimate of drug-likeness (QED) is 0.746. The second kappa shape index (κ2) is 6.18. The molecule has 1 aromatic heterocycles. The molecule has 0 radical (unpaired) electrons. The molecule has 23 heavy (non-hydrogen) atoms. The minimum Gasteiger partial charge on any atom is -0.394 e. The van der Waals surface area contributed by atoms with Crippen molar-refractivity contribution >= 4 is 28.8 Å². The molecule has 0 aliphatic carbocycles. The first-order valence-corrected chi connectivity index (χ1v) is 7.01. The molecular weight excluding hydrogens is 322 g/mol. The largest absolute Gasteiger partial charge is 0.394 e. The van der Waals surface area contributed by atoms with Gasteiger partial charge in [0.05, 0.1) is 10.7 Å². The summed E-state index contributed by atoms with van der Waals surface area (Å²) in [7, 11) is 0. The van der Waals surface area contributed by atoms with E-state index in [-0.39, 0.29) is 17.2 Å². The second-order valence-electron chi connectivity index (χ2n) is 4.71. The number of nitrogens with one attached hydrogen (secondary N) is 1. The summed E-state index contributed by atoms with van der Waals surface area (Å²) in [5.41, 5.74) is 7.40. The summed E-state index contributed by atoms with van der Waals surface area (Å²) in [6, 6.07) is 10.2. The summed E-state index contributed by atoms with van der Waals surface area (Å²) in [5, 5.41) is 3.22. The van der Waals surface area contributed by atoms with Gasteiger partial charge in [0.25, 0.3) is 0 Å². The monoisotopic (exact) mass is 332 g/mol. The lowest BCUT2D eigenvalue weighted by Crippen LogP contribution is -2.04. The smallest absolute Gasteiger partial charge is 0.157 e. The van der Waals surface area contributed by atoms with Crippen molar-refractivity contribution in [2.45, 2.75) is 0 Å². The summed E-state index contributed by atoms with van der Waals surface area (Å²) in [5.74, 6) is -1.21. The molecule has 1 heterocycles. The van der Waals surface area contributed by atoms with Gasteiger partial charge >= 0.3 is 0 Å². The maximum Gasteiger partial charge on any atom is 0.157 e. The van der Waals surface area contributed by atoms with E-state index in [1.54, 1.807) is 24.3 Å². The molecule has 0 aliphatic rings. The SMILES string of the molecule is Nc1c(Nc2ccc(F)cc2F)ncnc1-c1ccccc1Cl. The molecule has 3 N–H and O–H groups in total. The van der Waals surface area contributed by atoms with Crippen molar-refractivity contribution in [2.75, 3.05) is 11.1 Å². The van der Waals surface area contributed by atoms with Crippen LogP contribution in [-0.4, -0.2) is 9.97 Å². The van der Waals surface area contributed by atoms with E-state index in [4.69, 9.17) is 17.3 Å². The van der Waals surface area contributed by atoms with Gasteiger partial charge in [0.2, 0.25) is 0 Å². The van der Waals surface area contributed by atoms with Crippen molar-refractivity contribution in [3.05, 3.63) is 65.4 Å². The highest BCUT2D eigenvalue weighted by Gasteiger charge is 2.14. The van der Waals surface area contributed by atoms with Crippen LogP contribution in [0.5, 0.6) is 0 Å². The molecule has 0 bridgehead atoms. The zero-order chi connectivity index (χ0) is 16.4. The van der Waals surface area contributed by atoms with Gasteiger partial charge in [0.1, 0.15) is 29.3 Å². The van der Waals surface area contributed by atoms with Gasteiger partial charge in [-0.05, 0) is 18.2 Å². The Morgan fingerprint density at radius 1 is 1.04 bits per heavy atom. The van der Waals surface area contributed by atoms with E-state index in [1.165, 1.54) is 12.4 Å². The van der Waals surface area contributed by atoms with Crippen LogP contribution in [0.25, 0.3) is 11.3 Å². The zero-order valence-corrected chi connectivity index (χ0v) is 12.5. The molecule has 0 atom stereocenters. The number of anilines is 3. The Kier molecular flexibility index (Phi) is 4.08. The van der Waals surface area contributed by atoms with Gasteiger partial charge < -0.3 is 11.1 Å². The topological polar surface area (TPSA) is 63.8 Å². The number of nitrogen functional groups attached to an aromatic ring is 1. The highest BCUT2D eigenvalue weighted by molar-refractivity contribution is 6.33. The second-order valence-corrected chi connectivity index (χ2v) is 5.12. The summed E-state index contributed by atoms with van der Waals surface area (Å²) < 4.78 is 26.7. The molecule has 0 unspecified atom stereocenters. The molecule has 3 aromatic rings. The van der Waals surface area contributed by atoms with Crippen LogP contribution < -0.4 is 11.1 Å². The third-order valence-electron chi connectivity index (χ3n) is 3.20. The van der Waals surface area contributed by atoms with Crippen molar-refractivity contribution in [1.29, 1.82) is 0 Å². The van der Waals surface area contributed by atoms with Gasteiger partial charge in [-0.1, -0.05) is 29.8 Å². The third-order valence-corrected chi connectivity index (χ3v) is 3.53. The predicted octanol–water partition coefficient (Wildman–Crippen LogP) is 4.40. The first-order valence-electron chi connectivity index (χ1n) is 6.63. The Morgan fingerprint density at radius 2 is 1.83 bits per heavy atom. The number of halogens is 3. The van der Waals surface area contributed by atoms with Crippen molar-refractivity contribution < 1.29 is 8.78 Å². The van der Waals surface area contributed by atoms with Crippen LogP contribution >= 0.6 is 11.6 Å². The summed E-state index contributed by atoms with van der Waals surface area (Å²) >= 11 is 6.15. The first-order chi connectivity index (χ1) is 11.1. The Bertz CT molecular complexity index is 870. The van der Waals surface area contributed by atoms with Crippen LogP contribution in [0.2, 0.25) is 5.02 Å². The summed E-state index contributed by atoms with van der Waals surface area (Å²) in [6.45, 7) is 0. The lowest BCUT2D eigenvalue weighted by atomic mass is 10.1.